The highest BCUT2D eigenvalue weighted by Gasteiger charge is 2.11. The second-order valence-electron chi connectivity index (χ2n) is 3.64. The van der Waals surface area contributed by atoms with Gasteiger partial charge in [0.2, 0.25) is 0 Å². The van der Waals surface area contributed by atoms with Crippen molar-refractivity contribution in [1.29, 1.82) is 0 Å². The molecule has 1 heterocycles. The van der Waals surface area contributed by atoms with Crippen LogP contribution in [-0.2, 0) is 13.2 Å². The molecule has 1 aromatic carbocycles. The first-order valence-electron chi connectivity index (χ1n) is 5.11. The van der Waals surface area contributed by atoms with Gasteiger partial charge in [-0.15, -0.1) is 0 Å². The molecule has 0 aliphatic heterocycles. The minimum Gasteiger partial charge on any atom is -0.390 e. The third kappa shape index (κ3) is 1.85. The number of hydrogen-bond donors (Lipinski definition) is 3. The SMILES string of the molecule is Cc1ccccc1-c1nc(CO)c(CO)[nH]1. The maximum Gasteiger partial charge on any atom is 0.138 e. The number of aryl methyl sites for hydroxylation is 1. The lowest BCUT2D eigenvalue weighted by Gasteiger charge is -2.00. The Morgan fingerprint density at radius 2 is 1.94 bits per heavy atom. The number of benzene rings is 1. The molecule has 3 N–H and O–H groups in total. The van der Waals surface area contributed by atoms with Crippen molar-refractivity contribution in [2.45, 2.75) is 20.1 Å². The van der Waals surface area contributed by atoms with Gasteiger partial charge in [0.15, 0.2) is 0 Å². The summed E-state index contributed by atoms with van der Waals surface area (Å²) in [6.45, 7) is 1.68. The van der Waals surface area contributed by atoms with Crippen molar-refractivity contribution < 1.29 is 10.2 Å². The zero-order valence-corrected chi connectivity index (χ0v) is 9.07. The molecule has 0 spiro atoms. The van der Waals surface area contributed by atoms with Gasteiger partial charge in [0.1, 0.15) is 5.82 Å². The van der Waals surface area contributed by atoms with Crippen LogP contribution in [0.4, 0.5) is 0 Å². The van der Waals surface area contributed by atoms with E-state index in [0.717, 1.165) is 11.1 Å². The van der Waals surface area contributed by atoms with Crippen molar-refractivity contribution in [1.82, 2.24) is 9.97 Å². The second-order valence-corrected chi connectivity index (χ2v) is 3.64. The molecule has 0 fully saturated rings. The molecule has 0 saturated carbocycles. The molecular weight excluding hydrogens is 204 g/mol. The number of hydrogen-bond acceptors (Lipinski definition) is 3. The lowest BCUT2D eigenvalue weighted by molar-refractivity contribution is 0.255. The van der Waals surface area contributed by atoms with Gasteiger partial charge in [-0.2, -0.15) is 0 Å². The van der Waals surface area contributed by atoms with Crippen molar-refractivity contribution in [3.8, 4) is 11.4 Å². The number of aromatic amines is 1. The molecule has 84 valence electrons. The fourth-order valence-corrected chi connectivity index (χ4v) is 1.67. The molecule has 0 aliphatic carbocycles. The van der Waals surface area contributed by atoms with Crippen LogP contribution < -0.4 is 0 Å². The predicted molar refractivity (Wildman–Crippen MR) is 60.6 cm³/mol. The summed E-state index contributed by atoms with van der Waals surface area (Å²) in [6, 6.07) is 7.84. The number of H-pyrrole nitrogens is 1. The van der Waals surface area contributed by atoms with Gasteiger partial charge in [0.25, 0.3) is 0 Å². The highest BCUT2D eigenvalue weighted by molar-refractivity contribution is 5.60. The van der Waals surface area contributed by atoms with Crippen molar-refractivity contribution in [2.75, 3.05) is 0 Å². The highest BCUT2D eigenvalue weighted by Crippen LogP contribution is 2.21. The fourth-order valence-electron chi connectivity index (χ4n) is 1.67. The summed E-state index contributed by atoms with van der Waals surface area (Å²) in [5.41, 5.74) is 3.16. The Labute approximate surface area is 93.6 Å². The van der Waals surface area contributed by atoms with Crippen LogP contribution in [0.5, 0.6) is 0 Å². The van der Waals surface area contributed by atoms with Gasteiger partial charge in [-0.3, -0.25) is 0 Å². The summed E-state index contributed by atoms with van der Waals surface area (Å²) in [6.07, 6.45) is 0. The van der Waals surface area contributed by atoms with Crippen LogP contribution in [0.3, 0.4) is 0 Å². The molecule has 2 aromatic rings. The van der Waals surface area contributed by atoms with E-state index in [1.807, 2.05) is 31.2 Å². The minimum atomic E-state index is -0.168. The van der Waals surface area contributed by atoms with Crippen LogP contribution in [0.25, 0.3) is 11.4 Å². The number of nitrogens with one attached hydrogen (secondary N) is 1. The summed E-state index contributed by atoms with van der Waals surface area (Å²) in [7, 11) is 0. The van der Waals surface area contributed by atoms with Crippen LogP contribution in [-0.4, -0.2) is 20.2 Å². The molecule has 0 radical (unpaired) electrons. The van der Waals surface area contributed by atoms with E-state index >= 15 is 0 Å². The number of aliphatic hydroxyl groups excluding tert-OH is 2. The third-order valence-electron chi connectivity index (χ3n) is 2.57. The van der Waals surface area contributed by atoms with E-state index in [4.69, 9.17) is 10.2 Å². The number of aromatic nitrogens is 2. The van der Waals surface area contributed by atoms with Gasteiger partial charge >= 0.3 is 0 Å². The number of rotatable bonds is 3. The molecule has 0 saturated heterocycles. The van der Waals surface area contributed by atoms with Crippen molar-refractivity contribution in [2.24, 2.45) is 0 Å². The fraction of sp³-hybridized carbons (Fsp3) is 0.250. The average Bonchev–Trinajstić information content (AvgIpc) is 2.72. The average molecular weight is 218 g/mol. The standard InChI is InChI=1S/C12H14N2O2/c1-8-4-2-3-5-9(8)12-13-10(6-15)11(7-16)14-12/h2-5,15-16H,6-7H2,1H3,(H,13,14). The van der Waals surface area contributed by atoms with Crippen LogP contribution >= 0.6 is 0 Å². The minimum absolute atomic E-state index is 0.144. The van der Waals surface area contributed by atoms with E-state index in [9.17, 15) is 0 Å². The van der Waals surface area contributed by atoms with Gasteiger partial charge in [-0.1, -0.05) is 24.3 Å². The first-order valence-corrected chi connectivity index (χ1v) is 5.11. The first-order chi connectivity index (χ1) is 7.76. The maximum atomic E-state index is 9.10. The molecule has 0 aliphatic rings. The van der Waals surface area contributed by atoms with E-state index in [1.54, 1.807) is 0 Å². The zero-order valence-electron chi connectivity index (χ0n) is 9.07. The smallest absolute Gasteiger partial charge is 0.138 e. The monoisotopic (exact) mass is 218 g/mol. The first kappa shape index (κ1) is 10.9. The number of aliphatic hydroxyl groups is 2. The summed E-state index contributed by atoms with van der Waals surface area (Å²) in [4.78, 5) is 7.28. The zero-order chi connectivity index (χ0) is 11.5. The Morgan fingerprint density at radius 1 is 1.19 bits per heavy atom. The van der Waals surface area contributed by atoms with Gasteiger partial charge in [-0.25, -0.2) is 4.98 Å². The topological polar surface area (TPSA) is 69.1 Å². The van der Waals surface area contributed by atoms with Gasteiger partial charge in [-0.05, 0) is 12.5 Å². The molecule has 4 nitrogen and oxygen atoms in total. The van der Waals surface area contributed by atoms with Crippen LogP contribution in [0.15, 0.2) is 24.3 Å². The molecule has 0 atom stereocenters. The molecule has 4 heteroatoms. The van der Waals surface area contributed by atoms with E-state index in [0.29, 0.717) is 17.2 Å². The molecule has 16 heavy (non-hydrogen) atoms. The molecule has 0 amide bonds. The van der Waals surface area contributed by atoms with E-state index < -0.39 is 0 Å². The highest BCUT2D eigenvalue weighted by atomic mass is 16.3. The number of imidazole rings is 1. The number of nitrogens with zero attached hydrogens (tertiary/aromatic N) is 1. The van der Waals surface area contributed by atoms with Gasteiger partial charge < -0.3 is 15.2 Å². The molecular formula is C12H14N2O2. The van der Waals surface area contributed by atoms with E-state index in [2.05, 4.69) is 9.97 Å². The Morgan fingerprint density at radius 3 is 2.50 bits per heavy atom. The van der Waals surface area contributed by atoms with Crippen molar-refractivity contribution >= 4 is 0 Å². The van der Waals surface area contributed by atoms with Gasteiger partial charge in [0, 0.05) is 5.56 Å². The van der Waals surface area contributed by atoms with Crippen LogP contribution in [0, 0.1) is 6.92 Å². The molecule has 1 aromatic heterocycles. The Hall–Kier alpha value is -1.65. The Bertz CT molecular complexity index is 470. The summed E-state index contributed by atoms with van der Waals surface area (Å²) in [5.74, 6) is 0.686. The van der Waals surface area contributed by atoms with Crippen LogP contribution in [0.2, 0.25) is 0 Å². The summed E-state index contributed by atoms with van der Waals surface area (Å²) in [5, 5.41) is 18.2. The van der Waals surface area contributed by atoms with E-state index in [1.165, 1.54) is 0 Å². The lowest BCUT2D eigenvalue weighted by atomic mass is 10.1. The predicted octanol–water partition coefficient (Wildman–Crippen LogP) is 1.37. The largest absolute Gasteiger partial charge is 0.390 e. The maximum absolute atomic E-state index is 9.10. The van der Waals surface area contributed by atoms with Crippen LogP contribution in [0.1, 0.15) is 17.0 Å². The van der Waals surface area contributed by atoms with E-state index in [-0.39, 0.29) is 13.2 Å². The van der Waals surface area contributed by atoms with Crippen molar-refractivity contribution in [3.05, 3.63) is 41.2 Å². The van der Waals surface area contributed by atoms with Gasteiger partial charge in [0.05, 0.1) is 24.6 Å². The van der Waals surface area contributed by atoms with Crippen molar-refractivity contribution in [3.63, 3.8) is 0 Å². The second kappa shape index (κ2) is 4.47. The lowest BCUT2D eigenvalue weighted by Crippen LogP contribution is -1.91. The molecule has 2 rings (SSSR count). The normalized spacial score (nSPS) is 10.7. The summed E-state index contributed by atoms with van der Waals surface area (Å²) < 4.78 is 0. The third-order valence-corrected chi connectivity index (χ3v) is 2.57. The quantitative estimate of drug-likeness (QED) is 0.728. The molecule has 0 bridgehead atoms. The Balaban J connectivity index is 2.49. The molecule has 0 unspecified atom stereocenters. The Kier molecular flexibility index (Phi) is 3.03. The summed E-state index contributed by atoms with van der Waals surface area (Å²) >= 11 is 0.